The minimum absolute atomic E-state index is 0.104. The smallest absolute Gasteiger partial charge is 0.255 e. The van der Waals surface area contributed by atoms with Gasteiger partial charge in [-0.15, -0.1) is 0 Å². The summed E-state index contributed by atoms with van der Waals surface area (Å²) >= 11 is 5.90. The number of carbonyl (C=O) groups is 2. The van der Waals surface area contributed by atoms with Crippen molar-refractivity contribution in [1.29, 1.82) is 0 Å². The summed E-state index contributed by atoms with van der Waals surface area (Å²) in [5.41, 5.74) is 6.94. The normalized spacial score (nSPS) is 15.1. The van der Waals surface area contributed by atoms with Crippen LogP contribution in [0.2, 0.25) is 5.02 Å². The van der Waals surface area contributed by atoms with Gasteiger partial charge in [0.1, 0.15) is 12.4 Å². The van der Waals surface area contributed by atoms with Gasteiger partial charge in [-0.2, -0.15) is 0 Å². The average Bonchev–Trinajstić information content (AvgIpc) is 3.11. The van der Waals surface area contributed by atoms with E-state index >= 15 is 0 Å². The Hall–Kier alpha value is -4.20. The number of amides is 2. The van der Waals surface area contributed by atoms with Crippen LogP contribution in [0.1, 0.15) is 87.5 Å². The van der Waals surface area contributed by atoms with Crippen LogP contribution in [0.4, 0.5) is 5.69 Å². The average molecular weight is 651 g/mol. The molecule has 0 radical (unpaired) electrons. The molecule has 244 valence electrons. The van der Waals surface area contributed by atoms with Gasteiger partial charge in [0.05, 0.1) is 5.69 Å². The second-order valence-electron chi connectivity index (χ2n) is 12.6. The number of aryl methyl sites for hydroxylation is 1. The maximum atomic E-state index is 12.7. The molecule has 4 aromatic rings. The maximum absolute atomic E-state index is 12.7. The molecule has 2 heterocycles. The minimum Gasteiger partial charge on any atom is -0.487 e. The molecule has 1 aromatic heterocycles. The predicted molar refractivity (Wildman–Crippen MR) is 187 cm³/mol. The monoisotopic (exact) mass is 650 g/mol. The molecule has 3 aromatic carbocycles. The van der Waals surface area contributed by atoms with Crippen LogP contribution in [0.25, 0.3) is 0 Å². The van der Waals surface area contributed by atoms with Gasteiger partial charge in [-0.05, 0) is 154 Å². The lowest BCUT2D eigenvalue weighted by Gasteiger charge is -2.34. The van der Waals surface area contributed by atoms with Crippen molar-refractivity contribution >= 4 is 29.1 Å². The number of ether oxygens (including phenoxy) is 1. The first kappa shape index (κ1) is 32.7. The summed E-state index contributed by atoms with van der Waals surface area (Å²) < 4.78 is 6.55. The Labute approximate surface area is 282 Å². The summed E-state index contributed by atoms with van der Waals surface area (Å²) in [4.78, 5) is 32.1. The van der Waals surface area contributed by atoms with E-state index in [1.54, 1.807) is 48.5 Å². The van der Waals surface area contributed by atoms with Crippen LogP contribution in [0.5, 0.6) is 5.75 Å². The van der Waals surface area contributed by atoms with E-state index in [0.717, 1.165) is 69.6 Å². The highest BCUT2D eigenvalue weighted by Crippen LogP contribution is 2.40. The van der Waals surface area contributed by atoms with E-state index in [1.807, 2.05) is 24.4 Å². The largest absolute Gasteiger partial charge is 0.487 e. The molecule has 0 spiro atoms. The third-order valence-electron chi connectivity index (χ3n) is 9.33. The van der Waals surface area contributed by atoms with Crippen molar-refractivity contribution in [1.82, 2.24) is 15.2 Å². The van der Waals surface area contributed by atoms with Crippen molar-refractivity contribution in [2.24, 2.45) is 0 Å². The number of pyridine rings is 1. The fourth-order valence-electron chi connectivity index (χ4n) is 6.68. The predicted octanol–water partition coefficient (Wildman–Crippen LogP) is 7.83. The molecule has 1 fully saturated rings. The molecule has 0 unspecified atom stereocenters. The first-order valence-electron chi connectivity index (χ1n) is 16.9. The number of nitrogens with one attached hydrogen (secondary N) is 2. The molecule has 47 heavy (non-hydrogen) atoms. The molecule has 2 aliphatic rings. The Morgan fingerprint density at radius 2 is 1.60 bits per heavy atom. The molecule has 0 saturated carbocycles. The Balaban J connectivity index is 0.924. The summed E-state index contributed by atoms with van der Waals surface area (Å²) in [7, 11) is 0. The Morgan fingerprint density at radius 3 is 2.36 bits per heavy atom. The zero-order chi connectivity index (χ0) is 32.4. The zero-order valence-electron chi connectivity index (χ0n) is 26.8. The fourth-order valence-corrected chi connectivity index (χ4v) is 6.80. The van der Waals surface area contributed by atoms with Crippen molar-refractivity contribution in [2.45, 2.75) is 63.9 Å². The standard InChI is InChI=1S/C39H43ClN4O3/c40-32-15-10-31(11-16-32)39(46)43-33-17-12-30(13-18-33)38(45)42-23-5-6-24-44-25-20-29(21-26-44)36-19-14-28-7-1-2-9-35(28)37(36)47-27-34-8-3-4-22-41-34/h3-4,8,10-19,22,29H,1-2,5-7,9,20-21,23-27H2,(H,42,45)(H,43,46). The van der Waals surface area contributed by atoms with Crippen LogP contribution in [0.3, 0.4) is 0 Å². The van der Waals surface area contributed by atoms with Crippen LogP contribution in [0, 0.1) is 0 Å². The maximum Gasteiger partial charge on any atom is 0.255 e. The highest BCUT2D eigenvalue weighted by atomic mass is 35.5. The van der Waals surface area contributed by atoms with Gasteiger partial charge in [0, 0.05) is 34.6 Å². The summed E-state index contributed by atoms with van der Waals surface area (Å²) in [6.07, 6.45) is 10.8. The van der Waals surface area contributed by atoms with Crippen LogP contribution in [0.15, 0.2) is 85.1 Å². The Bertz CT molecular complexity index is 1640. The number of aromatic nitrogens is 1. The van der Waals surface area contributed by atoms with E-state index in [9.17, 15) is 9.59 Å². The van der Waals surface area contributed by atoms with Crippen molar-refractivity contribution in [2.75, 3.05) is 31.5 Å². The number of hydrogen-bond donors (Lipinski definition) is 2. The lowest BCUT2D eigenvalue weighted by Crippen LogP contribution is -2.34. The third-order valence-corrected chi connectivity index (χ3v) is 9.58. The highest BCUT2D eigenvalue weighted by molar-refractivity contribution is 6.30. The quantitative estimate of drug-likeness (QED) is 0.153. The molecular formula is C39H43ClN4O3. The van der Waals surface area contributed by atoms with Crippen molar-refractivity contribution in [3.8, 4) is 5.75 Å². The zero-order valence-corrected chi connectivity index (χ0v) is 27.6. The molecule has 1 saturated heterocycles. The lowest BCUT2D eigenvalue weighted by atomic mass is 9.83. The molecule has 0 atom stereocenters. The molecule has 7 nitrogen and oxygen atoms in total. The summed E-state index contributed by atoms with van der Waals surface area (Å²) in [5.74, 6) is 1.30. The van der Waals surface area contributed by atoms with Gasteiger partial charge in [0.2, 0.25) is 0 Å². The number of hydrogen-bond acceptors (Lipinski definition) is 5. The molecule has 8 heteroatoms. The van der Waals surface area contributed by atoms with Gasteiger partial charge >= 0.3 is 0 Å². The summed E-state index contributed by atoms with van der Waals surface area (Å²) in [6.45, 7) is 4.34. The van der Waals surface area contributed by atoms with Gasteiger partial charge in [-0.3, -0.25) is 14.6 Å². The van der Waals surface area contributed by atoms with Gasteiger partial charge < -0.3 is 20.3 Å². The number of rotatable bonds is 12. The van der Waals surface area contributed by atoms with Crippen molar-refractivity contribution < 1.29 is 14.3 Å². The second kappa shape index (κ2) is 16.1. The number of anilines is 1. The number of carbonyl (C=O) groups excluding carboxylic acids is 2. The molecule has 2 amide bonds. The second-order valence-corrected chi connectivity index (χ2v) is 13.0. The summed E-state index contributed by atoms with van der Waals surface area (Å²) in [5, 5.41) is 6.46. The number of halogens is 1. The van der Waals surface area contributed by atoms with Crippen molar-refractivity contribution in [3.05, 3.63) is 124 Å². The summed E-state index contributed by atoms with van der Waals surface area (Å²) in [6, 6.07) is 24.3. The highest BCUT2D eigenvalue weighted by Gasteiger charge is 2.26. The fraction of sp³-hybridized carbons (Fsp3) is 0.359. The van der Waals surface area contributed by atoms with Gasteiger partial charge in [0.25, 0.3) is 11.8 Å². The molecule has 6 rings (SSSR count). The van der Waals surface area contributed by atoms with E-state index in [2.05, 4.69) is 32.7 Å². The van der Waals surface area contributed by atoms with E-state index in [1.165, 1.54) is 29.5 Å². The molecule has 0 bridgehead atoms. The minimum atomic E-state index is -0.225. The van der Waals surface area contributed by atoms with Crippen LogP contribution in [-0.2, 0) is 19.4 Å². The third kappa shape index (κ3) is 8.79. The van der Waals surface area contributed by atoms with E-state index in [0.29, 0.717) is 40.9 Å². The topological polar surface area (TPSA) is 83.6 Å². The lowest BCUT2D eigenvalue weighted by molar-refractivity contribution is 0.0951. The van der Waals surface area contributed by atoms with E-state index < -0.39 is 0 Å². The SMILES string of the molecule is O=C(NCCCCN1CCC(c2ccc3c(c2OCc2ccccn2)CCCC3)CC1)c1ccc(NC(=O)c2ccc(Cl)cc2)cc1. The molecule has 1 aliphatic heterocycles. The van der Waals surface area contributed by atoms with Crippen LogP contribution >= 0.6 is 11.6 Å². The number of likely N-dealkylation sites (tertiary alicyclic amines) is 1. The molecular weight excluding hydrogens is 608 g/mol. The van der Waals surface area contributed by atoms with Gasteiger partial charge in [-0.25, -0.2) is 0 Å². The van der Waals surface area contributed by atoms with E-state index in [-0.39, 0.29) is 11.8 Å². The number of fused-ring (bicyclic) bond motifs is 1. The van der Waals surface area contributed by atoms with Gasteiger partial charge in [0.15, 0.2) is 0 Å². The van der Waals surface area contributed by atoms with Gasteiger partial charge in [-0.1, -0.05) is 29.8 Å². The van der Waals surface area contributed by atoms with Crippen LogP contribution in [-0.4, -0.2) is 47.9 Å². The van der Waals surface area contributed by atoms with E-state index in [4.69, 9.17) is 16.3 Å². The molecule has 1 aliphatic carbocycles. The first-order chi connectivity index (χ1) is 23.0. The molecule has 2 N–H and O–H groups in total. The first-order valence-corrected chi connectivity index (χ1v) is 17.3. The van der Waals surface area contributed by atoms with Crippen molar-refractivity contribution in [3.63, 3.8) is 0 Å². The number of piperidine rings is 1. The number of unbranched alkanes of at least 4 members (excludes halogenated alkanes) is 1. The Morgan fingerprint density at radius 1 is 0.851 bits per heavy atom. The van der Waals surface area contributed by atoms with Crippen LogP contribution < -0.4 is 15.4 Å². The Kier molecular flexibility index (Phi) is 11.2. The number of nitrogens with zero attached hydrogens (tertiary/aromatic N) is 2. The number of benzene rings is 3.